The summed E-state index contributed by atoms with van der Waals surface area (Å²) < 4.78 is 0. The first-order valence-electron chi connectivity index (χ1n) is 10.1. The van der Waals surface area contributed by atoms with Crippen LogP contribution >= 0.6 is 0 Å². The number of aliphatic hydroxyl groups is 1. The van der Waals surface area contributed by atoms with Gasteiger partial charge in [-0.3, -0.25) is 4.79 Å². The van der Waals surface area contributed by atoms with Crippen molar-refractivity contribution in [2.45, 2.75) is 71.1 Å². The number of phenolic OH excluding ortho intramolecular Hbond substituents is 2. The summed E-state index contributed by atoms with van der Waals surface area (Å²) in [6.45, 7) is 8.45. The number of aryl methyl sites for hydroxylation is 1. The summed E-state index contributed by atoms with van der Waals surface area (Å²) >= 11 is 0. The molecule has 1 aromatic carbocycles. The van der Waals surface area contributed by atoms with Gasteiger partial charge in [0.25, 0.3) is 0 Å². The van der Waals surface area contributed by atoms with Gasteiger partial charge in [-0.2, -0.15) is 0 Å². The molecule has 0 unspecified atom stereocenters. The van der Waals surface area contributed by atoms with E-state index in [-0.39, 0.29) is 47.8 Å². The molecule has 0 radical (unpaired) electrons. The molecule has 1 aromatic rings. The molecule has 0 aromatic heterocycles. The Bertz CT molecular complexity index is 740. The van der Waals surface area contributed by atoms with E-state index in [1.54, 1.807) is 0 Å². The zero-order chi connectivity index (χ0) is 20.0. The number of amides is 1. The van der Waals surface area contributed by atoms with E-state index in [0.29, 0.717) is 12.0 Å². The van der Waals surface area contributed by atoms with Crippen molar-refractivity contribution in [2.24, 2.45) is 11.3 Å². The molecule has 2 aliphatic carbocycles. The molecule has 2 atom stereocenters. The molecule has 0 saturated heterocycles. The Morgan fingerprint density at radius 1 is 1.26 bits per heavy atom. The highest BCUT2D eigenvalue weighted by atomic mass is 16.3. The van der Waals surface area contributed by atoms with Crippen LogP contribution in [0.25, 0.3) is 0 Å². The first kappa shape index (κ1) is 20.0. The van der Waals surface area contributed by atoms with Crippen molar-refractivity contribution in [3.8, 4) is 11.5 Å². The zero-order valence-corrected chi connectivity index (χ0v) is 16.9. The molecule has 4 N–H and O–H groups in total. The SMILES string of the molecule is CC(C)c1cc2c(c(O)c1O)[C@@]1(C(=O)NCCO)CCCC(C)(C)[C@@H]1CC2. The van der Waals surface area contributed by atoms with Gasteiger partial charge in [0.05, 0.1) is 12.0 Å². The van der Waals surface area contributed by atoms with Crippen LogP contribution in [0, 0.1) is 11.3 Å². The van der Waals surface area contributed by atoms with Crippen LogP contribution in [0.15, 0.2) is 6.07 Å². The van der Waals surface area contributed by atoms with Crippen LogP contribution in [0.3, 0.4) is 0 Å². The van der Waals surface area contributed by atoms with E-state index in [4.69, 9.17) is 0 Å². The second-order valence-corrected chi connectivity index (χ2v) is 9.24. The van der Waals surface area contributed by atoms with Gasteiger partial charge in [0.15, 0.2) is 11.5 Å². The van der Waals surface area contributed by atoms with Crippen molar-refractivity contribution in [1.29, 1.82) is 0 Å². The zero-order valence-electron chi connectivity index (χ0n) is 16.9. The van der Waals surface area contributed by atoms with Crippen molar-refractivity contribution in [3.05, 3.63) is 22.8 Å². The standard InChI is InChI=1S/C22H33NO4/c1-13(2)15-12-14-6-7-16-21(3,4)8-5-9-22(16,20(27)23-10-11-24)17(14)19(26)18(15)25/h12-13,16,24-26H,5-11H2,1-4H3,(H,23,27)/t16-,22+/m0/s1. The quantitative estimate of drug-likeness (QED) is 0.608. The van der Waals surface area contributed by atoms with Crippen molar-refractivity contribution >= 4 is 5.91 Å². The molecule has 5 nitrogen and oxygen atoms in total. The summed E-state index contributed by atoms with van der Waals surface area (Å²) in [5.74, 6) is -0.192. The largest absolute Gasteiger partial charge is 0.504 e. The number of aliphatic hydroxyl groups excluding tert-OH is 1. The third-order valence-electron chi connectivity index (χ3n) is 6.89. The Morgan fingerprint density at radius 2 is 1.96 bits per heavy atom. The molecule has 0 bridgehead atoms. The molecule has 1 fully saturated rings. The highest BCUT2D eigenvalue weighted by Crippen LogP contribution is 2.60. The van der Waals surface area contributed by atoms with Gasteiger partial charge < -0.3 is 20.6 Å². The molecule has 5 heteroatoms. The molecule has 0 spiro atoms. The topological polar surface area (TPSA) is 89.8 Å². The highest BCUT2D eigenvalue weighted by molar-refractivity contribution is 5.91. The number of nitrogens with one attached hydrogen (secondary N) is 1. The lowest BCUT2D eigenvalue weighted by molar-refractivity contribution is -0.135. The summed E-state index contributed by atoms with van der Waals surface area (Å²) in [6, 6.07) is 1.98. The van der Waals surface area contributed by atoms with Gasteiger partial charge in [-0.25, -0.2) is 0 Å². The number of hydrogen-bond acceptors (Lipinski definition) is 4. The smallest absolute Gasteiger partial charge is 0.231 e. The molecular weight excluding hydrogens is 342 g/mol. The van der Waals surface area contributed by atoms with Gasteiger partial charge in [0, 0.05) is 17.7 Å². The van der Waals surface area contributed by atoms with Crippen molar-refractivity contribution in [2.75, 3.05) is 13.2 Å². The van der Waals surface area contributed by atoms with Gasteiger partial charge in [0.1, 0.15) is 0 Å². The van der Waals surface area contributed by atoms with E-state index in [2.05, 4.69) is 19.2 Å². The number of phenols is 2. The number of carbonyl (C=O) groups excluding carboxylic acids is 1. The van der Waals surface area contributed by atoms with Gasteiger partial charge in [-0.15, -0.1) is 0 Å². The third kappa shape index (κ3) is 3.00. The fraction of sp³-hybridized carbons (Fsp3) is 0.682. The van der Waals surface area contributed by atoms with Crippen LogP contribution in [-0.2, 0) is 16.6 Å². The Morgan fingerprint density at radius 3 is 2.59 bits per heavy atom. The van der Waals surface area contributed by atoms with E-state index >= 15 is 0 Å². The Labute approximate surface area is 161 Å². The van der Waals surface area contributed by atoms with Gasteiger partial charge >= 0.3 is 0 Å². The first-order valence-corrected chi connectivity index (χ1v) is 10.1. The molecule has 3 rings (SSSR count). The number of benzene rings is 1. The van der Waals surface area contributed by atoms with Crippen molar-refractivity contribution < 1.29 is 20.1 Å². The fourth-order valence-electron chi connectivity index (χ4n) is 5.66. The Hall–Kier alpha value is -1.75. The van der Waals surface area contributed by atoms with Crippen LogP contribution in [0.4, 0.5) is 0 Å². The molecular formula is C22H33NO4. The van der Waals surface area contributed by atoms with Crippen molar-refractivity contribution in [1.82, 2.24) is 5.32 Å². The predicted octanol–water partition coefficient (Wildman–Crippen LogP) is 3.34. The summed E-state index contributed by atoms with van der Waals surface area (Å²) in [6.07, 6.45) is 4.26. The van der Waals surface area contributed by atoms with Gasteiger partial charge in [0.2, 0.25) is 5.91 Å². The molecule has 150 valence electrons. The second kappa shape index (κ2) is 7.01. The van der Waals surface area contributed by atoms with E-state index in [9.17, 15) is 20.1 Å². The van der Waals surface area contributed by atoms with E-state index in [1.807, 2.05) is 19.9 Å². The maximum absolute atomic E-state index is 13.4. The molecule has 1 saturated carbocycles. The molecule has 27 heavy (non-hydrogen) atoms. The average molecular weight is 376 g/mol. The minimum atomic E-state index is -0.860. The third-order valence-corrected chi connectivity index (χ3v) is 6.89. The summed E-state index contributed by atoms with van der Waals surface area (Å²) in [4.78, 5) is 13.4. The lowest BCUT2D eigenvalue weighted by Gasteiger charge is -2.54. The van der Waals surface area contributed by atoms with Crippen LogP contribution in [0.5, 0.6) is 11.5 Å². The maximum Gasteiger partial charge on any atom is 0.231 e. The van der Waals surface area contributed by atoms with Gasteiger partial charge in [-0.1, -0.05) is 40.2 Å². The number of rotatable bonds is 4. The maximum atomic E-state index is 13.4. The number of aromatic hydroxyl groups is 2. The van der Waals surface area contributed by atoms with E-state index in [0.717, 1.165) is 36.8 Å². The second-order valence-electron chi connectivity index (χ2n) is 9.24. The molecule has 1 amide bonds. The number of carbonyl (C=O) groups is 1. The molecule has 0 aliphatic heterocycles. The minimum absolute atomic E-state index is 0.0364. The van der Waals surface area contributed by atoms with Crippen LogP contribution in [-0.4, -0.2) is 34.4 Å². The Kier molecular flexibility index (Phi) is 5.19. The van der Waals surface area contributed by atoms with E-state index in [1.165, 1.54) is 0 Å². The van der Waals surface area contributed by atoms with Crippen molar-refractivity contribution in [3.63, 3.8) is 0 Å². The summed E-state index contributed by atoms with van der Waals surface area (Å²) in [5, 5.41) is 33.8. The van der Waals surface area contributed by atoms with Crippen LogP contribution < -0.4 is 5.32 Å². The number of hydrogen-bond donors (Lipinski definition) is 4. The van der Waals surface area contributed by atoms with E-state index < -0.39 is 5.41 Å². The van der Waals surface area contributed by atoms with Gasteiger partial charge in [-0.05, 0) is 48.5 Å². The van der Waals surface area contributed by atoms with Crippen LogP contribution in [0.2, 0.25) is 0 Å². The summed E-state index contributed by atoms with van der Waals surface area (Å²) in [5.41, 5.74) is 1.42. The molecule has 0 heterocycles. The lowest BCUT2D eigenvalue weighted by atomic mass is 9.49. The average Bonchev–Trinajstić information content (AvgIpc) is 2.61. The summed E-state index contributed by atoms with van der Waals surface area (Å²) in [7, 11) is 0. The predicted molar refractivity (Wildman–Crippen MR) is 105 cm³/mol. The minimum Gasteiger partial charge on any atom is -0.504 e. The molecule has 2 aliphatic rings. The Balaban J connectivity index is 2.25. The monoisotopic (exact) mass is 375 g/mol. The lowest BCUT2D eigenvalue weighted by Crippen LogP contribution is -2.58. The highest BCUT2D eigenvalue weighted by Gasteiger charge is 2.58. The van der Waals surface area contributed by atoms with Crippen LogP contribution in [0.1, 0.15) is 76.0 Å². The normalized spacial score (nSPS) is 26.4. The fourth-order valence-corrected chi connectivity index (χ4v) is 5.66. The number of fused-ring (bicyclic) bond motifs is 3. The first-order chi connectivity index (χ1) is 12.7.